The first-order valence-electron chi connectivity index (χ1n) is 7.20. The van der Waals surface area contributed by atoms with Crippen molar-refractivity contribution in [3.63, 3.8) is 0 Å². The van der Waals surface area contributed by atoms with Gasteiger partial charge in [0.15, 0.2) is 0 Å². The summed E-state index contributed by atoms with van der Waals surface area (Å²) in [5.41, 5.74) is 2.08. The van der Waals surface area contributed by atoms with Gasteiger partial charge in [-0.05, 0) is 52.5 Å². The number of hydrogen-bond donors (Lipinski definition) is 0. The summed E-state index contributed by atoms with van der Waals surface area (Å²) in [5, 5.41) is -0.434. The van der Waals surface area contributed by atoms with Crippen molar-refractivity contribution >= 4 is 25.2 Å². The summed E-state index contributed by atoms with van der Waals surface area (Å²) in [6.45, 7) is 13.5. The Balaban J connectivity index is 3.10. The fourth-order valence-corrected chi connectivity index (χ4v) is 8.59. The van der Waals surface area contributed by atoms with Crippen LogP contribution in [0.1, 0.15) is 51.9 Å². The molecule has 0 heterocycles. The summed E-state index contributed by atoms with van der Waals surface area (Å²) in [5.74, 6) is 0.842. The zero-order valence-corrected chi connectivity index (χ0v) is 15.0. The summed E-state index contributed by atoms with van der Waals surface area (Å²) in [6, 6.07) is 7.16. The van der Waals surface area contributed by atoms with E-state index in [1.807, 2.05) is 12.1 Å². The normalized spacial score (nSPS) is 12.3. The van der Waals surface area contributed by atoms with Crippen LogP contribution in [-0.4, -0.2) is 13.6 Å². The zero-order chi connectivity index (χ0) is 15.5. The van der Waals surface area contributed by atoms with E-state index in [0.29, 0.717) is 22.2 Å². The third-order valence-corrected chi connectivity index (χ3v) is 10.3. The molecule has 0 radical (unpaired) electrons. The van der Waals surface area contributed by atoms with Crippen LogP contribution in [0.15, 0.2) is 24.3 Å². The molecule has 20 heavy (non-hydrogen) atoms. The Bertz CT molecular complexity index is 430. The number of benzene rings is 1. The molecule has 0 saturated carbocycles. The maximum Gasteiger partial charge on any atom is 0.258 e. The van der Waals surface area contributed by atoms with E-state index in [2.05, 4.69) is 41.5 Å². The lowest BCUT2D eigenvalue weighted by molar-refractivity contribution is 0.108. The Morgan fingerprint density at radius 2 is 1.35 bits per heavy atom. The van der Waals surface area contributed by atoms with E-state index < -0.39 is 13.6 Å². The third kappa shape index (κ3) is 3.44. The molecule has 1 aromatic carbocycles. The van der Waals surface area contributed by atoms with Gasteiger partial charge in [-0.3, -0.25) is 4.79 Å². The molecule has 0 spiro atoms. The van der Waals surface area contributed by atoms with Crippen LogP contribution >= 0.6 is 11.6 Å². The molecule has 0 N–H and O–H groups in total. The van der Waals surface area contributed by atoms with Gasteiger partial charge in [-0.2, -0.15) is 0 Å². The Morgan fingerprint density at radius 1 is 0.950 bits per heavy atom. The average Bonchev–Trinajstić information content (AvgIpc) is 2.35. The van der Waals surface area contributed by atoms with Crippen molar-refractivity contribution in [3.05, 3.63) is 29.8 Å². The van der Waals surface area contributed by atoms with E-state index in [1.54, 1.807) is 12.1 Å². The Labute approximate surface area is 128 Å². The van der Waals surface area contributed by atoms with Gasteiger partial charge in [0.1, 0.15) is 5.75 Å². The van der Waals surface area contributed by atoms with Crippen LogP contribution in [0.2, 0.25) is 16.6 Å². The molecule has 0 fully saturated rings. The first kappa shape index (κ1) is 17.2. The number of hydrogen-bond acceptors (Lipinski definition) is 2. The maximum absolute atomic E-state index is 11.1. The van der Waals surface area contributed by atoms with Gasteiger partial charge in [0, 0.05) is 5.56 Å². The molecule has 112 valence electrons. The van der Waals surface area contributed by atoms with Crippen LogP contribution in [-0.2, 0) is 0 Å². The van der Waals surface area contributed by atoms with Crippen LogP contribution in [0.3, 0.4) is 0 Å². The van der Waals surface area contributed by atoms with Crippen molar-refractivity contribution in [2.45, 2.75) is 58.2 Å². The predicted molar refractivity (Wildman–Crippen MR) is 88.3 cm³/mol. The van der Waals surface area contributed by atoms with Gasteiger partial charge in [-0.25, -0.2) is 0 Å². The summed E-state index contributed by atoms with van der Waals surface area (Å²) >= 11 is 5.47. The largest absolute Gasteiger partial charge is 0.543 e. The second-order valence-electron chi connectivity index (χ2n) is 6.22. The Kier molecular flexibility index (Phi) is 5.84. The highest BCUT2D eigenvalue weighted by Gasteiger charge is 2.46. The third-order valence-electron chi connectivity index (χ3n) is 4.08. The highest BCUT2D eigenvalue weighted by Crippen LogP contribution is 2.42. The van der Waals surface area contributed by atoms with E-state index in [-0.39, 0.29) is 0 Å². The van der Waals surface area contributed by atoms with Gasteiger partial charge in [-0.1, -0.05) is 41.5 Å². The van der Waals surface area contributed by atoms with Crippen LogP contribution < -0.4 is 4.43 Å². The molecule has 0 aliphatic rings. The number of halogens is 1. The van der Waals surface area contributed by atoms with Crippen LogP contribution in [0, 0.1) is 0 Å². The van der Waals surface area contributed by atoms with Crippen molar-refractivity contribution in [2.75, 3.05) is 0 Å². The molecule has 0 aliphatic heterocycles. The highest BCUT2D eigenvalue weighted by atomic mass is 35.5. The van der Waals surface area contributed by atoms with Gasteiger partial charge < -0.3 is 4.43 Å². The van der Waals surface area contributed by atoms with Crippen molar-refractivity contribution in [3.8, 4) is 5.75 Å². The fourth-order valence-electron chi connectivity index (χ4n) is 3.21. The lowest BCUT2D eigenvalue weighted by Crippen LogP contribution is -2.50. The van der Waals surface area contributed by atoms with Crippen molar-refractivity contribution in [2.24, 2.45) is 0 Å². The molecule has 0 aromatic heterocycles. The molecule has 1 aromatic rings. The minimum Gasteiger partial charge on any atom is -0.543 e. The van der Waals surface area contributed by atoms with E-state index in [4.69, 9.17) is 16.0 Å². The van der Waals surface area contributed by atoms with E-state index in [9.17, 15) is 4.79 Å². The Hall–Kier alpha value is -0.803. The highest BCUT2D eigenvalue weighted by molar-refractivity contribution is 6.78. The molecule has 0 aliphatic carbocycles. The smallest absolute Gasteiger partial charge is 0.258 e. The lowest BCUT2D eigenvalue weighted by Gasteiger charge is -2.42. The van der Waals surface area contributed by atoms with Crippen LogP contribution in [0.4, 0.5) is 0 Å². The molecule has 0 saturated heterocycles. The SMILES string of the molecule is CC(C)[Si](Oc1ccc(C(=O)Cl)cc1)(C(C)C)C(C)C. The average molecular weight is 313 g/mol. The van der Waals surface area contributed by atoms with Gasteiger partial charge >= 0.3 is 0 Å². The first-order valence-corrected chi connectivity index (χ1v) is 9.72. The molecule has 4 heteroatoms. The van der Waals surface area contributed by atoms with Crippen molar-refractivity contribution in [1.29, 1.82) is 0 Å². The quantitative estimate of drug-likeness (QED) is 0.503. The minimum atomic E-state index is -1.93. The van der Waals surface area contributed by atoms with Crippen molar-refractivity contribution < 1.29 is 9.22 Å². The number of rotatable bonds is 6. The summed E-state index contributed by atoms with van der Waals surface area (Å²) in [7, 11) is -1.93. The van der Waals surface area contributed by atoms with Gasteiger partial charge in [0.25, 0.3) is 13.6 Å². The molecule has 0 unspecified atom stereocenters. The molecular weight excluding hydrogens is 288 g/mol. The number of carbonyl (C=O) groups excluding carboxylic acids is 1. The summed E-state index contributed by atoms with van der Waals surface area (Å²) < 4.78 is 6.51. The van der Waals surface area contributed by atoms with Gasteiger partial charge in [0.2, 0.25) is 0 Å². The van der Waals surface area contributed by atoms with E-state index >= 15 is 0 Å². The van der Waals surface area contributed by atoms with Gasteiger partial charge in [-0.15, -0.1) is 0 Å². The molecule has 0 atom stereocenters. The Morgan fingerprint density at radius 3 is 1.65 bits per heavy atom. The molecule has 0 amide bonds. The predicted octanol–water partition coefficient (Wildman–Crippen LogP) is 5.62. The molecule has 0 bridgehead atoms. The topological polar surface area (TPSA) is 26.3 Å². The standard InChI is InChI=1S/C16H25ClO2Si/c1-11(2)20(12(3)4,13(5)6)19-15-9-7-14(8-10-15)16(17)18/h7-13H,1-6H3. The van der Waals surface area contributed by atoms with Gasteiger partial charge in [0.05, 0.1) is 0 Å². The van der Waals surface area contributed by atoms with Crippen LogP contribution in [0.25, 0.3) is 0 Å². The van der Waals surface area contributed by atoms with Crippen LogP contribution in [0.5, 0.6) is 5.75 Å². The molecule has 2 nitrogen and oxygen atoms in total. The lowest BCUT2D eigenvalue weighted by atomic mass is 10.2. The molecular formula is C16H25ClO2Si. The minimum absolute atomic E-state index is 0.434. The van der Waals surface area contributed by atoms with E-state index in [1.165, 1.54) is 0 Å². The fraction of sp³-hybridized carbons (Fsp3) is 0.562. The molecule has 1 rings (SSSR count). The van der Waals surface area contributed by atoms with E-state index in [0.717, 1.165) is 5.75 Å². The van der Waals surface area contributed by atoms with Crippen molar-refractivity contribution in [1.82, 2.24) is 0 Å². The summed E-state index contributed by atoms with van der Waals surface area (Å²) in [4.78, 5) is 11.1. The number of carbonyl (C=O) groups is 1. The monoisotopic (exact) mass is 312 g/mol. The summed E-state index contributed by atoms with van der Waals surface area (Å²) in [6.07, 6.45) is 0. The maximum atomic E-state index is 11.1. The second-order valence-corrected chi connectivity index (χ2v) is 11.9. The first-order chi connectivity index (χ1) is 9.21. The second kappa shape index (κ2) is 6.77. The zero-order valence-electron chi connectivity index (χ0n) is 13.2.